The molecule has 5 aromatic rings. The van der Waals surface area contributed by atoms with Crippen LogP contribution in [0.4, 0.5) is 26.3 Å². The summed E-state index contributed by atoms with van der Waals surface area (Å²) in [5.74, 6) is -6.28. The minimum Gasteiger partial charge on any atom is -0.348 e. The summed E-state index contributed by atoms with van der Waals surface area (Å²) in [6.45, 7) is -0.457. The summed E-state index contributed by atoms with van der Waals surface area (Å²) in [5.41, 5.74) is -0.466. The van der Waals surface area contributed by atoms with E-state index < -0.39 is 64.7 Å². The predicted octanol–water partition coefficient (Wildman–Crippen LogP) is 5.52. The van der Waals surface area contributed by atoms with Gasteiger partial charge in [-0.25, -0.2) is 22.5 Å². The molecule has 3 aromatic heterocycles. The Hall–Kier alpha value is -5.21. The Balaban J connectivity index is 1.13. The molecule has 0 saturated heterocycles. The highest BCUT2D eigenvalue weighted by Crippen LogP contribution is 2.96. The Bertz CT molecular complexity index is 2220. The van der Waals surface area contributed by atoms with Crippen LogP contribution in [0, 0.1) is 17.0 Å². The van der Waals surface area contributed by atoms with Gasteiger partial charge >= 0.3 is 0 Å². The summed E-state index contributed by atoms with van der Waals surface area (Å²) in [4.78, 5) is 30.9. The van der Waals surface area contributed by atoms with Gasteiger partial charge in [-0.15, -0.1) is 0 Å². The highest BCUT2D eigenvalue weighted by atomic mass is 19.3. The molecular weight excluding hydrogens is 640 g/mol. The van der Waals surface area contributed by atoms with Gasteiger partial charge in [-0.1, -0.05) is 12.1 Å². The van der Waals surface area contributed by atoms with Crippen LogP contribution in [0.3, 0.4) is 0 Å². The molecule has 9 rings (SSSR count). The van der Waals surface area contributed by atoms with E-state index in [1.165, 1.54) is 6.20 Å². The lowest BCUT2D eigenvalue weighted by atomic mass is 9.93. The van der Waals surface area contributed by atoms with Gasteiger partial charge in [0.2, 0.25) is 5.91 Å². The summed E-state index contributed by atoms with van der Waals surface area (Å²) in [7, 11) is 0. The van der Waals surface area contributed by atoms with Crippen molar-refractivity contribution in [1.29, 1.82) is 0 Å². The topological polar surface area (TPSA) is 118 Å². The number of H-pyrrole nitrogens is 1. The van der Waals surface area contributed by atoms with Crippen molar-refractivity contribution in [2.45, 2.75) is 56.2 Å². The number of aromatic amines is 1. The zero-order chi connectivity index (χ0) is 33.3. The van der Waals surface area contributed by atoms with Crippen LogP contribution in [0.5, 0.6) is 0 Å². The molecular formula is C33H23F6N7O2. The number of benzene rings is 2. The third-order valence-corrected chi connectivity index (χ3v) is 10.3. The van der Waals surface area contributed by atoms with Gasteiger partial charge in [0.1, 0.15) is 35.1 Å². The van der Waals surface area contributed by atoms with E-state index in [2.05, 4.69) is 25.9 Å². The van der Waals surface area contributed by atoms with Gasteiger partial charge in [0.15, 0.2) is 0 Å². The number of nitrogens with one attached hydrogen (secondary N) is 3. The smallest absolute Gasteiger partial charge is 0.296 e. The van der Waals surface area contributed by atoms with Crippen molar-refractivity contribution in [2.75, 3.05) is 0 Å². The normalized spacial score (nSPS) is 23.0. The van der Waals surface area contributed by atoms with Crippen LogP contribution in [0.25, 0.3) is 22.2 Å². The number of hydrogen-bond donors (Lipinski definition) is 3. The standard InChI is InChI=1S/C33H23F6N7O2/c34-17-3-14(4-18(35)7-17)5-22(26-19(8-21-23(43-26)10-41-44-21)15-1-2-16-9-40-30(48)20(16)6-15)42-24(47)11-46-28-25(27(45-46)29(36)37)31-12-32(31,13-31)33(28,38)39/h1-4,6-8,10,22,29H,5,9,11-13H2,(H,40,48)(H,41,44)(H,42,47)/t22-,31?,32?/m0/s1. The number of halogens is 6. The van der Waals surface area contributed by atoms with Crippen LogP contribution in [-0.4, -0.2) is 36.8 Å². The molecule has 4 aliphatic rings. The highest BCUT2D eigenvalue weighted by molar-refractivity contribution is 5.99. The summed E-state index contributed by atoms with van der Waals surface area (Å²) in [6, 6.07) is 8.66. The molecule has 244 valence electrons. The van der Waals surface area contributed by atoms with Crippen molar-refractivity contribution >= 4 is 22.8 Å². The third kappa shape index (κ3) is 3.89. The van der Waals surface area contributed by atoms with E-state index in [1.54, 1.807) is 24.3 Å². The van der Waals surface area contributed by atoms with Crippen molar-refractivity contribution < 1.29 is 35.9 Å². The maximum atomic E-state index is 15.6. The second kappa shape index (κ2) is 9.45. The fourth-order valence-electron chi connectivity index (χ4n) is 7.92. The van der Waals surface area contributed by atoms with E-state index >= 15 is 8.78 Å². The maximum absolute atomic E-state index is 15.6. The SMILES string of the molecule is O=C(Cn1nc(C(F)F)c2c1C(F)(F)C13CC21C3)N[C@@H](Cc1cc(F)cc(F)c1)c1nc2cn[nH]c2cc1-c1ccc2c(c1)C(=O)NC2. The van der Waals surface area contributed by atoms with Crippen LogP contribution in [0.15, 0.2) is 48.7 Å². The largest absolute Gasteiger partial charge is 0.348 e. The van der Waals surface area contributed by atoms with Crippen molar-refractivity contribution in [3.63, 3.8) is 0 Å². The number of alkyl halides is 4. The molecule has 3 N–H and O–H groups in total. The molecule has 4 heterocycles. The molecule has 2 fully saturated rings. The van der Waals surface area contributed by atoms with Gasteiger partial charge in [0, 0.05) is 34.7 Å². The predicted molar refractivity (Wildman–Crippen MR) is 156 cm³/mol. The molecule has 0 bridgehead atoms. The number of nitrogens with zero attached hydrogens (tertiary/aromatic N) is 4. The maximum Gasteiger partial charge on any atom is 0.296 e. The van der Waals surface area contributed by atoms with E-state index in [-0.39, 0.29) is 42.0 Å². The first kappa shape index (κ1) is 29.0. The Morgan fingerprint density at radius 1 is 1.02 bits per heavy atom. The number of pyridine rings is 1. The zero-order valence-corrected chi connectivity index (χ0v) is 24.7. The summed E-state index contributed by atoms with van der Waals surface area (Å²) < 4.78 is 88.5. The van der Waals surface area contributed by atoms with Crippen molar-refractivity contribution in [3.8, 4) is 11.1 Å². The van der Waals surface area contributed by atoms with Crippen LogP contribution < -0.4 is 10.6 Å². The lowest BCUT2D eigenvalue weighted by Crippen LogP contribution is -2.35. The number of fused-ring (bicyclic) bond motifs is 3. The van der Waals surface area contributed by atoms with Crippen molar-refractivity contribution in [3.05, 3.63) is 99.6 Å². The summed E-state index contributed by atoms with van der Waals surface area (Å²) >= 11 is 0. The molecule has 2 saturated carbocycles. The minimum absolute atomic E-state index is 0.110. The number of carbonyl (C=O) groups is 2. The van der Waals surface area contributed by atoms with E-state index in [9.17, 15) is 27.2 Å². The first-order valence-corrected chi connectivity index (χ1v) is 15.2. The van der Waals surface area contributed by atoms with E-state index in [1.807, 2.05) is 0 Å². The van der Waals surface area contributed by atoms with E-state index in [0.29, 0.717) is 45.0 Å². The lowest BCUT2D eigenvalue weighted by molar-refractivity contribution is -0.123. The van der Waals surface area contributed by atoms with Gasteiger partial charge in [-0.2, -0.15) is 19.0 Å². The molecule has 0 unspecified atom stereocenters. The number of carbonyl (C=O) groups excluding carboxylic acids is 2. The second-order valence-electron chi connectivity index (χ2n) is 13.0. The molecule has 9 nitrogen and oxygen atoms in total. The third-order valence-electron chi connectivity index (χ3n) is 10.3. The first-order valence-electron chi connectivity index (χ1n) is 15.2. The summed E-state index contributed by atoms with van der Waals surface area (Å²) in [6.07, 6.45) is -1.64. The Morgan fingerprint density at radius 3 is 2.54 bits per heavy atom. The fraction of sp³-hybridized carbons (Fsp3) is 0.303. The monoisotopic (exact) mass is 663 g/mol. The number of hydrogen-bond acceptors (Lipinski definition) is 5. The minimum atomic E-state index is -3.43. The van der Waals surface area contributed by atoms with Crippen LogP contribution in [0.1, 0.15) is 69.4 Å². The molecule has 3 aliphatic carbocycles. The van der Waals surface area contributed by atoms with Gasteiger partial charge in [-0.3, -0.25) is 19.4 Å². The van der Waals surface area contributed by atoms with Crippen molar-refractivity contribution in [2.24, 2.45) is 5.41 Å². The van der Waals surface area contributed by atoms with Gasteiger partial charge in [0.05, 0.1) is 28.9 Å². The molecule has 1 atom stereocenters. The molecule has 48 heavy (non-hydrogen) atoms. The van der Waals surface area contributed by atoms with Gasteiger partial charge < -0.3 is 10.6 Å². The van der Waals surface area contributed by atoms with Crippen molar-refractivity contribution in [1.82, 2.24) is 35.6 Å². The first-order chi connectivity index (χ1) is 22.9. The molecule has 15 heteroatoms. The summed E-state index contributed by atoms with van der Waals surface area (Å²) in [5, 5.41) is 16.2. The number of amides is 2. The molecule has 0 radical (unpaired) electrons. The molecule has 2 aromatic carbocycles. The number of rotatable bonds is 8. The second-order valence-corrected chi connectivity index (χ2v) is 13.0. The molecule has 1 aliphatic heterocycles. The Kier molecular flexibility index (Phi) is 5.70. The lowest BCUT2D eigenvalue weighted by Gasteiger charge is -2.24. The van der Waals surface area contributed by atoms with Crippen LogP contribution in [-0.2, 0) is 35.6 Å². The average molecular weight is 664 g/mol. The Labute approximate surface area is 266 Å². The van der Waals surface area contributed by atoms with Crippen LogP contribution in [0.2, 0.25) is 0 Å². The molecule has 0 spiro atoms. The fourth-order valence-corrected chi connectivity index (χ4v) is 7.92. The van der Waals surface area contributed by atoms with E-state index in [4.69, 9.17) is 4.98 Å². The zero-order valence-electron chi connectivity index (χ0n) is 24.7. The number of aromatic nitrogens is 5. The average Bonchev–Trinajstić information content (AvgIpc) is 3.49. The van der Waals surface area contributed by atoms with Gasteiger partial charge in [-0.05, 0) is 60.2 Å². The van der Waals surface area contributed by atoms with E-state index in [0.717, 1.165) is 17.7 Å². The quantitative estimate of drug-likeness (QED) is 0.189. The Morgan fingerprint density at radius 2 is 1.79 bits per heavy atom. The van der Waals surface area contributed by atoms with Gasteiger partial charge in [0.25, 0.3) is 18.3 Å². The molecule has 2 amide bonds. The highest BCUT2D eigenvalue weighted by Gasteiger charge is 2.98. The van der Waals surface area contributed by atoms with Crippen LogP contribution >= 0.6 is 0 Å².